The van der Waals surface area contributed by atoms with Gasteiger partial charge in [0.15, 0.2) is 4.77 Å². The van der Waals surface area contributed by atoms with Gasteiger partial charge < -0.3 is 14.2 Å². The van der Waals surface area contributed by atoms with E-state index in [0.717, 1.165) is 44.9 Å². The van der Waals surface area contributed by atoms with Gasteiger partial charge in [-0.05, 0) is 25.7 Å². The molecule has 0 saturated carbocycles. The van der Waals surface area contributed by atoms with Crippen molar-refractivity contribution in [2.75, 3.05) is 33.9 Å². The van der Waals surface area contributed by atoms with Crippen molar-refractivity contribution in [3.8, 4) is 0 Å². The van der Waals surface area contributed by atoms with E-state index in [4.69, 9.17) is 17.0 Å². The van der Waals surface area contributed by atoms with Gasteiger partial charge >= 0.3 is 0 Å². The molecule has 0 aliphatic carbocycles. The third-order valence-corrected chi connectivity index (χ3v) is 3.01. The van der Waals surface area contributed by atoms with Crippen molar-refractivity contribution < 1.29 is 4.74 Å². The molecule has 5 nitrogen and oxygen atoms in total. The topological polar surface area (TPSA) is 46.1 Å². The molecular formula is C11H22N4OS. The molecule has 1 aromatic rings. The summed E-state index contributed by atoms with van der Waals surface area (Å²) >= 11 is 5.23. The van der Waals surface area contributed by atoms with Gasteiger partial charge in [-0.1, -0.05) is 6.92 Å². The predicted octanol–water partition coefficient (Wildman–Crippen LogP) is 1.47. The molecule has 0 atom stereocenters. The fourth-order valence-corrected chi connectivity index (χ4v) is 1.87. The maximum atomic E-state index is 5.23. The number of nitrogens with one attached hydrogen (secondary N) is 1. The molecule has 0 bridgehead atoms. The van der Waals surface area contributed by atoms with Crippen LogP contribution in [0.2, 0.25) is 0 Å². The number of methoxy groups -OCH3 is 1. The molecule has 98 valence electrons. The normalized spacial score (nSPS) is 11.3. The summed E-state index contributed by atoms with van der Waals surface area (Å²) in [5, 5.41) is 7.11. The Kier molecular flexibility index (Phi) is 6.39. The number of aromatic nitrogens is 3. The van der Waals surface area contributed by atoms with Gasteiger partial charge in [0.05, 0.1) is 6.61 Å². The van der Waals surface area contributed by atoms with E-state index in [1.807, 2.05) is 0 Å². The van der Waals surface area contributed by atoms with Crippen LogP contribution in [0.3, 0.4) is 0 Å². The number of ether oxygens (including phenoxy) is 1. The Morgan fingerprint density at radius 3 is 2.88 bits per heavy atom. The van der Waals surface area contributed by atoms with Crippen molar-refractivity contribution in [3.05, 3.63) is 10.6 Å². The first-order chi connectivity index (χ1) is 8.19. The second-order valence-electron chi connectivity index (χ2n) is 4.14. The first kappa shape index (κ1) is 14.3. The lowest BCUT2D eigenvalue weighted by atomic mass is 10.3. The molecule has 0 aliphatic heterocycles. The van der Waals surface area contributed by atoms with Gasteiger partial charge in [0.2, 0.25) is 0 Å². The lowest BCUT2D eigenvalue weighted by Gasteiger charge is -2.16. The minimum atomic E-state index is 0.716. The number of hydrogen-bond donors (Lipinski definition) is 1. The van der Waals surface area contributed by atoms with Gasteiger partial charge in [-0.25, -0.2) is 0 Å². The molecule has 0 aliphatic rings. The summed E-state index contributed by atoms with van der Waals surface area (Å²) in [5.41, 5.74) is 0. The highest BCUT2D eigenvalue weighted by molar-refractivity contribution is 7.71. The molecule has 6 heteroatoms. The zero-order valence-electron chi connectivity index (χ0n) is 10.9. The van der Waals surface area contributed by atoms with Gasteiger partial charge in [0.1, 0.15) is 5.82 Å². The van der Waals surface area contributed by atoms with Crippen LogP contribution in [0.4, 0.5) is 0 Å². The Morgan fingerprint density at radius 1 is 1.47 bits per heavy atom. The number of rotatable bonds is 8. The van der Waals surface area contributed by atoms with Crippen LogP contribution in [-0.4, -0.2) is 53.5 Å². The highest BCUT2D eigenvalue weighted by Crippen LogP contribution is 2.01. The van der Waals surface area contributed by atoms with Crippen LogP contribution in [0.5, 0.6) is 0 Å². The van der Waals surface area contributed by atoms with Crippen LogP contribution < -0.4 is 0 Å². The summed E-state index contributed by atoms with van der Waals surface area (Å²) in [6.07, 6.45) is 2.05. The molecule has 0 saturated heterocycles. The third-order valence-electron chi connectivity index (χ3n) is 2.69. The summed E-state index contributed by atoms with van der Waals surface area (Å²) in [5.74, 6) is 1.05. The Hall–Kier alpha value is -0.720. The first-order valence-electron chi connectivity index (χ1n) is 6.00. The second-order valence-corrected chi connectivity index (χ2v) is 4.53. The quantitative estimate of drug-likeness (QED) is 0.717. The van der Waals surface area contributed by atoms with Crippen LogP contribution in [0.1, 0.15) is 19.2 Å². The predicted molar refractivity (Wildman–Crippen MR) is 70.8 cm³/mol. The van der Waals surface area contributed by atoms with Gasteiger partial charge in [0.25, 0.3) is 0 Å². The SMILES string of the molecule is CCCc1n[nH]c(=S)n1CCN(C)CCOC. The molecule has 0 spiro atoms. The monoisotopic (exact) mass is 258 g/mol. The largest absolute Gasteiger partial charge is 0.383 e. The molecule has 1 rings (SSSR count). The van der Waals surface area contributed by atoms with Crippen molar-refractivity contribution in [1.82, 2.24) is 19.7 Å². The van der Waals surface area contributed by atoms with Gasteiger partial charge in [-0.2, -0.15) is 5.10 Å². The van der Waals surface area contributed by atoms with Crippen LogP contribution >= 0.6 is 12.2 Å². The van der Waals surface area contributed by atoms with E-state index in [2.05, 4.69) is 33.6 Å². The summed E-state index contributed by atoms with van der Waals surface area (Å²) in [7, 11) is 3.81. The Balaban J connectivity index is 2.50. The Labute approximate surface area is 108 Å². The summed E-state index contributed by atoms with van der Waals surface area (Å²) in [4.78, 5) is 2.23. The summed E-state index contributed by atoms with van der Waals surface area (Å²) in [6, 6.07) is 0. The number of nitrogens with zero attached hydrogens (tertiary/aromatic N) is 3. The average Bonchev–Trinajstić information content (AvgIpc) is 2.66. The number of hydrogen-bond acceptors (Lipinski definition) is 4. The van der Waals surface area contributed by atoms with E-state index in [1.54, 1.807) is 7.11 Å². The molecule has 1 heterocycles. The van der Waals surface area contributed by atoms with E-state index in [9.17, 15) is 0 Å². The first-order valence-corrected chi connectivity index (χ1v) is 6.41. The number of aromatic amines is 1. The summed E-state index contributed by atoms with van der Waals surface area (Å²) < 4.78 is 7.85. The van der Waals surface area contributed by atoms with Crippen LogP contribution in [0, 0.1) is 4.77 Å². The fourth-order valence-electron chi connectivity index (χ4n) is 1.62. The zero-order valence-corrected chi connectivity index (χ0v) is 11.7. The Morgan fingerprint density at radius 2 is 2.24 bits per heavy atom. The van der Waals surface area contributed by atoms with Crippen molar-refractivity contribution in [2.45, 2.75) is 26.3 Å². The van der Waals surface area contributed by atoms with Crippen LogP contribution in [0.15, 0.2) is 0 Å². The van der Waals surface area contributed by atoms with Gasteiger partial charge in [-0.3, -0.25) is 5.10 Å². The molecule has 0 aromatic carbocycles. The van der Waals surface area contributed by atoms with E-state index < -0.39 is 0 Å². The van der Waals surface area contributed by atoms with Crippen LogP contribution in [0.25, 0.3) is 0 Å². The molecular weight excluding hydrogens is 236 g/mol. The minimum Gasteiger partial charge on any atom is -0.383 e. The third kappa shape index (κ3) is 4.57. The second kappa shape index (κ2) is 7.58. The van der Waals surface area contributed by atoms with E-state index >= 15 is 0 Å². The standard InChI is InChI=1S/C11H22N4OS/c1-4-5-10-12-13-11(17)15(10)7-6-14(2)8-9-16-3/h4-9H2,1-3H3,(H,13,17). The minimum absolute atomic E-state index is 0.716. The van der Waals surface area contributed by atoms with Crippen molar-refractivity contribution >= 4 is 12.2 Å². The maximum absolute atomic E-state index is 5.23. The Bertz CT molecular complexity index is 374. The highest BCUT2D eigenvalue weighted by atomic mass is 32.1. The maximum Gasteiger partial charge on any atom is 0.195 e. The number of H-pyrrole nitrogens is 1. The smallest absolute Gasteiger partial charge is 0.195 e. The highest BCUT2D eigenvalue weighted by Gasteiger charge is 2.06. The van der Waals surface area contributed by atoms with Gasteiger partial charge in [-0.15, -0.1) is 0 Å². The zero-order chi connectivity index (χ0) is 12.7. The van der Waals surface area contributed by atoms with Gasteiger partial charge in [0, 0.05) is 33.2 Å². The van der Waals surface area contributed by atoms with Crippen molar-refractivity contribution in [1.29, 1.82) is 0 Å². The number of likely N-dealkylation sites (N-methyl/N-ethyl adjacent to an activating group) is 1. The van der Waals surface area contributed by atoms with E-state index in [0.29, 0.717) is 4.77 Å². The number of aryl methyl sites for hydroxylation is 1. The molecule has 1 N–H and O–H groups in total. The lowest BCUT2D eigenvalue weighted by molar-refractivity contribution is 0.159. The summed E-state index contributed by atoms with van der Waals surface area (Å²) in [6.45, 7) is 5.67. The molecule has 1 aromatic heterocycles. The lowest BCUT2D eigenvalue weighted by Crippen LogP contribution is -2.27. The molecule has 17 heavy (non-hydrogen) atoms. The average molecular weight is 258 g/mol. The molecule has 0 fully saturated rings. The van der Waals surface area contributed by atoms with E-state index in [-0.39, 0.29) is 0 Å². The fraction of sp³-hybridized carbons (Fsp3) is 0.818. The van der Waals surface area contributed by atoms with Crippen LogP contribution in [-0.2, 0) is 17.7 Å². The molecule has 0 unspecified atom stereocenters. The van der Waals surface area contributed by atoms with Crippen molar-refractivity contribution in [2.24, 2.45) is 0 Å². The van der Waals surface area contributed by atoms with E-state index in [1.165, 1.54) is 0 Å². The molecule has 0 amide bonds. The molecule has 0 radical (unpaired) electrons. The van der Waals surface area contributed by atoms with Crippen molar-refractivity contribution in [3.63, 3.8) is 0 Å².